The summed E-state index contributed by atoms with van der Waals surface area (Å²) < 4.78 is 0. The molecule has 22 heavy (non-hydrogen) atoms. The fourth-order valence-corrected chi connectivity index (χ4v) is 2.66. The topological polar surface area (TPSA) is 33.6 Å². The fraction of sp³-hybridized carbons (Fsp3) is 0.235. The fourth-order valence-electron chi connectivity index (χ4n) is 2.36. The first-order valence-electron chi connectivity index (χ1n) is 7.15. The Hall–Kier alpha value is -1.55. The number of nitrogens with zero attached hydrogens (tertiary/aromatic N) is 1. The lowest BCUT2D eigenvalue weighted by molar-refractivity contribution is 0.0848. The van der Waals surface area contributed by atoms with Gasteiger partial charge in [0, 0.05) is 25.1 Å². The molecule has 0 saturated heterocycles. The van der Waals surface area contributed by atoms with Crippen LogP contribution in [-0.2, 0) is 11.4 Å². The van der Waals surface area contributed by atoms with Crippen molar-refractivity contribution in [3.05, 3.63) is 69.7 Å². The summed E-state index contributed by atoms with van der Waals surface area (Å²) in [5, 5.41) is 8.63. The van der Waals surface area contributed by atoms with Gasteiger partial charge in [-0.1, -0.05) is 64.8 Å². The summed E-state index contributed by atoms with van der Waals surface area (Å²) in [6.45, 7) is 1.58. The summed E-state index contributed by atoms with van der Waals surface area (Å²) >= 11 is 12.0. The highest BCUT2D eigenvalue weighted by Crippen LogP contribution is 2.25. The molecule has 0 aliphatic carbocycles. The zero-order chi connectivity index (χ0) is 15.4. The molecule has 1 aliphatic rings. The van der Waals surface area contributed by atoms with Crippen molar-refractivity contribution in [1.29, 1.82) is 0 Å². The first kappa shape index (κ1) is 15.3. The molecule has 0 unspecified atom stereocenters. The van der Waals surface area contributed by atoms with E-state index >= 15 is 0 Å². The number of oxime groups is 1. The number of hydrogen-bond acceptors (Lipinski definition) is 3. The van der Waals surface area contributed by atoms with Crippen molar-refractivity contribution in [3.63, 3.8) is 0 Å². The molecule has 0 saturated carbocycles. The van der Waals surface area contributed by atoms with Gasteiger partial charge in [-0.3, -0.25) is 0 Å². The maximum atomic E-state index is 6.04. The minimum Gasteiger partial charge on any atom is -0.390 e. The average molecular weight is 335 g/mol. The van der Waals surface area contributed by atoms with Crippen LogP contribution in [0.25, 0.3) is 0 Å². The third kappa shape index (κ3) is 3.80. The van der Waals surface area contributed by atoms with Gasteiger partial charge >= 0.3 is 0 Å². The van der Waals surface area contributed by atoms with Gasteiger partial charge in [0.25, 0.3) is 0 Å². The second kappa shape index (κ2) is 7.14. The molecule has 114 valence electrons. The van der Waals surface area contributed by atoms with E-state index in [9.17, 15) is 0 Å². The first-order valence-corrected chi connectivity index (χ1v) is 7.91. The highest BCUT2D eigenvalue weighted by molar-refractivity contribution is 6.42. The van der Waals surface area contributed by atoms with Gasteiger partial charge < -0.3 is 10.2 Å². The van der Waals surface area contributed by atoms with Crippen LogP contribution in [0.2, 0.25) is 10.0 Å². The van der Waals surface area contributed by atoms with Gasteiger partial charge in [0.15, 0.2) is 0 Å². The van der Waals surface area contributed by atoms with Crippen molar-refractivity contribution in [2.24, 2.45) is 5.16 Å². The van der Waals surface area contributed by atoms with Gasteiger partial charge in [-0.15, -0.1) is 0 Å². The molecule has 2 aromatic carbocycles. The number of hydrogen-bond donors (Lipinski definition) is 1. The van der Waals surface area contributed by atoms with Crippen LogP contribution < -0.4 is 5.32 Å². The van der Waals surface area contributed by atoms with Crippen LogP contribution in [0, 0.1) is 0 Å². The molecule has 2 aromatic rings. The lowest BCUT2D eigenvalue weighted by Gasteiger charge is -2.09. The second-order valence-corrected chi connectivity index (χ2v) is 6.03. The van der Waals surface area contributed by atoms with Crippen LogP contribution in [0.15, 0.2) is 53.7 Å². The van der Waals surface area contributed by atoms with Crippen LogP contribution in [-0.4, -0.2) is 18.4 Å². The van der Waals surface area contributed by atoms with E-state index in [-0.39, 0.29) is 6.10 Å². The number of rotatable bonds is 5. The largest absolute Gasteiger partial charge is 0.390 e. The summed E-state index contributed by atoms with van der Waals surface area (Å²) in [5.74, 6) is 0. The van der Waals surface area contributed by atoms with Crippen LogP contribution >= 0.6 is 23.2 Å². The van der Waals surface area contributed by atoms with E-state index in [1.807, 2.05) is 30.3 Å². The molecule has 1 atom stereocenters. The normalized spacial score (nSPS) is 17.2. The SMILES string of the molecule is Clc1ccc(C2=NO[C@H](CNCc3ccccc3)C2)cc1Cl. The van der Waals surface area contributed by atoms with Crippen LogP contribution in [0.5, 0.6) is 0 Å². The molecular weight excluding hydrogens is 319 g/mol. The minimum absolute atomic E-state index is 0.0492. The Morgan fingerprint density at radius 2 is 1.91 bits per heavy atom. The van der Waals surface area contributed by atoms with E-state index in [4.69, 9.17) is 28.0 Å². The van der Waals surface area contributed by atoms with Crippen molar-refractivity contribution >= 4 is 28.9 Å². The lowest BCUT2D eigenvalue weighted by atomic mass is 10.1. The summed E-state index contributed by atoms with van der Waals surface area (Å²) in [4.78, 5) is 5.48. The molecule has 0 bridgehead atoms. The highest BCUT2D eigenvalue weighted by Gasteiger charge is 2.22. The Labute approximate surface area is 139 Å². The molecule has 0 amide bonds. The number of benzene rings is 2. The molecule has 0 fully saturated rings. The van der Waals surface area contributed by atoms with Crippen molar-refractivity contribution in [1.82, 2.24) is 5.32 Å². The Morgan fingerprint density at radius 1 is 1.09 bits per heavy atom. The standard InChI is InChI=1S/C17H16Cl2N2O/c18-15-7-6-13(8-16(15)19)17-9-14(22-21-17)11-20-10-12-4-2-1-3-5-12/h1-8,14,20H,9-11H2/t14-/m0/s1. The van der Waals surface area contributed by atoms with Crippen LogP contribution in [0.1, 0.15) is 17.5 Å². The van der Waals surface area contributed by atoms with Crippen molar-refractivity contribution in [2.75, 3.05) is 6.54 Å². The summed E-state index contributed by atoms with van der Waals surface area (Å²) in [7, 11) is 0. The van der Waals surface area contributed by atoms with E-state index in [0.717, 1.165) is 30.8 Å². The molecule has 1 N–H and O–H groups in total. The van der Waals surface area contributed by atoms with E-state index in [1.165, 1.54) is 5.56 Å². The maximum Gasteiger partial charge on any atom is 0.145 e. The summed E-state index contributed by atoms with van der Waals surface area (Å²) in [6.07, 6.45) is 0.813. The number of nitrogens with one attached hydrogen (secondary N) is 1. The third-order valence-electron chi connectivity index (χ3n) is 3.53. The zero-order valence-corrected chi connectivity index (χ0v) is 13.4. The monoisotopic (exact) mass is 334 g/mol. The Kier molecular flexibility index (Phi) is 4.98. The molecular formula is C17H16Cl2N2O. The molecule has 5 heteroatoms. The van der Waals surface area contributed by atoms with Gasteiger partial charge in [-0.05, 0) is 17.7 Å². The van der Waals surface area contributed by atoms with Crippen LogP contribution in [0.4, 0.5) is 0 Å². The minimum atomic E-state index is 0.0492. The predicted molar refractivity (Wildman–Crippen MR) is 90.6 cm³/mol. The van der Waals surface area contributed by atoms with Crippen molar-refractivity contribution < 1.29 is 4.84 Å². The highest BCUT2D eigenvalue weighted by atomic mass is 35.5. The molecule has 1 heterocycles. The quantitative estimate of drug-likeness (QED) is 0.885. The van der Waals surface area contributed by atoms with Gasteiger partial charge in [-0.2, -0.15) is 0 Å². The van der Waals surface area contributed by atoms with Crippen molar-refractivity contribution in [2.45, 2.75) is 19.1 Å². The van der Waals surface area contributed by atoms with Gasteiger partial charge in [0.05, 0.1) is 15.8 Å². The predicted octanol–water partition coefficient (Wildman–Crippen LogP) is 4.28. The van der Waals surface area contributed by atoms with Gasteiger partial charge in [-0.25, -0.2) is 0 Å². The van der Waals surface area contributed by atoms with Crippen LogP contribution in [0.3, 0.4) is 0 Å². The van der Waals surface area contributed by atoms with Crippen molar-refractivity contribution in [3.8, 4) is 0 Å². The third-order valence-corrected chi connectivity index (χ3v) is 4.27. The lowest BCUT2D eigenvalue weighted by Crippen LogP contribution is -2.26. The molecule has 0 radical (unpaired) electrons. The smallest absolute Gasteiger partial charge is 0.145 e. The Bertz CT molecular complexity index is 674. The molecule has 0 spiro atoms. The van der Waals surface area contributed by atoms with Gasteiger partial charge in [0.1, 0.15) is 6.10 Å². The maximum absolute atomic E-state index is 6.04. The summed E-state index contributed by atoms with van der Waals surface area (Å²) in [5.41, 5.74) is 3.12. The Balaban J connectivity index is 1.50. The van der Waals surface area contributed by atoms with E-state index in [1.54, 1.807) is 6.07 Å². The summed E-state index contributed by atoms with van der Waals surface area (Å²) in [6, 6.07) is 15.8. The van der Waals surface area contributed by atoms with E-state index in [2.05, 4.69) is 22.6 Å². The Morgan fingerprint density at radius 3 is 2.68 bits per heavy atom. The first-order chi connectivity index (χ1) is 10.7. The molecule has 1 aliphatic heterocycles. The van der Waals surface area contributed by atoms with Gasteiger partial charge in [0.2, 0.25) is 0 Å². The zero-order valence-electron chi connectivity index (χ0n) is 11.9. The number of halogens is 2. The molecule has 3 rings (SSSR count). The molecule has 3 nitrogen and oxygen atoms in total. The molecule has 0 aromatic heterocycles. The van der Waals surface area contributed by atoms with E-state index < -0.39 is 0 Å². The second-order valence-electron chi connectivity index (χ2n) is 5.21. The average Bonchev–Trinajstić information content (AvgIpc) is 3.00. The van der Waals surface area contributed by atoms with E-state index in [0.29, 0.717) is 10.0 Å².